The molecule has 4 nitrogen and oxygen atoms in total. The molecule has 0 saturated carbocycles. The summed E-state index contributed by atoms with van der Waals surface area (Å²) < 4.78 is 5.92. The van der Waals surface area contributed by atoms with Gasteiger partial charge in [-0.1, -0.05) is 49.4 Å². The Bertz CT molecular complexity index is 736. The molecule has 0 unspecified atom stereocenters. The van der Waals surface area contributed by atoms with Crippen molar-refractivity contribution in [2.75, 3.05) is 13.1 Å². The molecular weight excluding hydrogens is 336 g/mol. The predicted octanol–water partition coefficient (Wildman–Crippen LogP) is 4.06. The maximum Gasteiger partial charge on any atom is 0.261 e. The fourth-order valence-corrected chi connectivity index (χ4v) is 3.43. The van der Waals surface area contributed by atoms with Crippen molar-refractivity contribution in [1.82, 2.24) is 10.2 Å². The third-order valence-corrected chi connectivity index (χ3v) is 5.12. The van der Waals surface area contributed by atoms with E-state index in [1.807, 2.05) is 38.1 Å². The van der Waals surface area contributed by atoms with E-state index >= 15 is 0 Å². The van der Waals surface area contributed by atoms with Crippen LogP contribution in [0.1, 0.15) is 42.9 Å². The van der Waals surface area contributed by atoms with Crippen LogP contribution in [0.2, 0.25) is 0 Å². The number of rotatable bonds is 8. The number of ether oxygens (including phenoxy) is 1. The molecule has 27 heavy (non-hydrogen) atoms. The molecule has 0 radical (unpaired) electrons. The van der Waals surface area contributed by atoms with Gasteiger partial charge in [-0.3, -0.25) is 9.69 Å². The van der Waals surface area contributed by atoms with Crippen LogP contribution >= 0.6 is 0 Å². The zero-order valence-corrected chi connectivity index (χ0v) is 16.4. The van der Waals surface area contributed by atoms with Crippen molar-refractivity contribution in [3.63, 3.8) is 0 Å². The van der Waals surface area contributed by atoms with E-state index in [0.29, 0.717) is 13.0 Å². The topological polar surface area (TPSA) is 41.6 Å². The lowest BCUT2D eigenvalue weighted by Gasteiger charge is -2.19. The Morgan fingerprint density at radius 2 is 1.74 bits per heavy atom. The van der Waals surface area contributed by atoms with Crippen LogP contribution in [0.5, 0.6) is 5.75 Å². The van der Waals surface area contributed by atoms with Gasteiger partial charge in [0.15, 0.2) is 6.10 Å². The van der Waals surface area contributed by atoms with Crippen LogP contribution in [-0.2, 0) is 17.9 Å². The molecule has 1 amide bonds. The third kappa shape index (κ3) is 5.57. The number of amides is 1. The van der Waals surface area contributed by atoms with E-state index in [1.54, 1.807) is 0 Å². The standard InChI is InChI=1S/C23H30N2O2/c1-3-21(27-22-9-5-4-8-18(22)2)23(26)24-16-19-10-12-20(13-11-19)17-25-14-6-7-15-25/h4-5,8-13,21H,3,6-7,14-17H2,1-2H3,(H,24,26)/t21-/m1/s1. The molecule has 144 valence electrons. The van der Waals surface area contributed by atoms with E-state index in [0.717, 1.165) is 23.4 Å². The second kappa shape index (κ2) is 9.56. The first-order chi connectivity index (χ1) is 13.2. The molecule has 2 aromatic rings. The SMILES string of the molecule is CC[C@@H](Oc1ccccc1C)C(=O)NCc1ccc(CN2CCCC2)cc1. The summed E-state index contributed by atoms with van der Waals surface area (Å²) in [6.45, 7) is 7.92. The van der Waals surface area contributed by atoms with Crippen molar-refractivity contribution in [3.8, 4) is 5.75 Å². The van der Waals surface area contributed by atoms with E-state index in [1.165, 1.54) is 31.5 Å². The molecule has 0 aliphatic carbocycles. The number of hydrogen-bond donors (Lipinski definition) is 1. The van der Waals surface area contributed by atoms with E-state index in [9.17, 15) is 4.79 Å². The number of carbonyl (C=O) groups excluding carboxylic acids is 1. The zero-order valence-electron chi connectivity index (χ0n) is 16.4. The van der Waals surface area contributed by atoms with Crippen LogP contribution in [0.3, 0.4) is 0 Å². The molecule has 4 heteroatoms. The molecule has 3 rings (SSSR count). The van der Waals surface area contributed by atoms with Gasteiger partial charge >= 0.3 is 0 Å². The molecular formula is C23H30N2O2. The number of benzene rings is 2. The Labute approximate surface area is 162 Å². The van der Waals surface area contributed by atoms with Crippen molar-refractivity contribution >= 4 is 5.91 Å². The number of nitrogens with one attached hydrogen (secondary N) is 1. The first-order valence-corrected chi connectivity index (χ1v) is 9.96. The monoisotopic (exact) mass is 366 g/mol. The number of hydrogen-bond acceptors (Lipinski definition) is 3. The molecule has 2 aromatic carbocycles. The second-order valence-electron chi connectivity index (χ2n) is 7.30. The number of carbonyl (C=O) groups is 1. The lowest BCUT2D eigenvalue weighted by molar-refractivity contribution is -0.128. The highest BCUT2D eigenvalue weighted by Crippen LogP contribution is 2.19. The lowest BCUT2D eigenvalue weighted by Crippen LogP contribution is -2.37. The number of para-hydroxylation sites is 1. The molecule has 1 aliphatic rings. The van der Waals surface area contributed by atoms with E-state index in [-0.39, 0.29) is 5.91 Å². The molecule has 1 saturated heterocycles. The highest BCUT2D eigenvalue weighted by Gasteiger charge is 2.18. The first kappa shape index (κ1) is 19.4. The predicted molar refractivity (Wildman–Crippen MR) is 109 cm³/mol. The molecule has 1 aliphatic heterocycles. The number of aryl methyl sites for hydroxylation is 1. The summed E-state index contributed by atoms with van der Waals surface area (Å²) >= 11 is 0. The van der Waals surface area contributed by atoms with Crippen molar-refractivity contribution in [1.29, 1.82) is 0 Å². The maximum absolute atomic E-state index is 12.5. The van der Waals surface area contributed by atoms with Gasteiger partial charge < -0.3 is 10.1 Å². The molecule has 1 fully saturated rings. The van der Waals surface area contributed by atoms with Crippen LogP contribution in [0.15, 0.2) is 48.5 Å². The molecule has 0 aromatic heterocycles. The van der Waals surface area contributed by atoms with Gasteiger partial charge in [-0.15, -0.1) is 0 Å². The van der Waals surface area contributed by atoms with Crippen LogP contribution in [0.25, 0.3) is 0 Å². The fourth-order valence-electron chi connectivity index (χ4n) is 3.43. The smallest absolute Gasteiger partial charge is 0.261 e. The van der Waals surface area contributed by atoms with Gasteiger partial charge in [0, 0.05) is 13.1 Å². The molecule has 1 heterocycles. The second-order valence-corrected chi connectivity index (χ2v) is 7.30. The maximum atomic E-state index is 12.5. The number of nitrogens with zero attached hydrogens (tertiary/aromatic N) is 1. The Morgan fingerprint density at radius 1 is 1.07 bits per heavy atom. The largest absolute Gasteiger partial charge is 0.480 e. The van der Waals surface area contributed by atoms with Crippen LogP contribution < -0.4 is 10.1 Å². The van der Waals surface area contributed by atoms with Crippen LogP contribution in [-0.4, -0.2) is 30.0 Å². The summed E-state index contributed by atoms with van der Waals surface area (Å²) in [6, 6.07) is 16.3. The average Bonchev–Trinajstić information content (AvgIpc) is 3.19. The van der Waals surface area contributed by atoms with Crippen LogP contribution in [0, 0.1) is 6.92 Å². The normalized spacial score (nSPS) is 15.5. The zero-order chi connectivity index (χ0) is 19.1. The van der Waals surface area contributed by atoms with E-state index < -0.39 is 6.10 Å². The van der Waals surface area contributed by atoms with Crippen molar-refractivity contribution in [3.05, 3.63) is 65.2 Å². The van der Waals surface area contributed by atoms with Gasteiger partial charge in [0.05, 0.1) is 0 Å². The van der Waals surface area contributed by atoms with Gasteiger partial charge in [-0.2, -0.15) is 0 Å². The van der Waals surface area contributed by atoms with Gasteiger partial charge in [-0.05, 0) is 62.0 Å². The number of likely N-dealkylation sites (tertiary alicyclic amines) is 1. The minimum atomic E-state index is -0.472. The van der Waals surface area contributed by atoms with Crippen molar-refractivity contribution < 1.29 is 9.53 Å². The van der Waals surface area contributed by atoms with Crippen molar-refractivity contribution in [2.24, 2.45) is 0 Å². The molecule has 0 spiro atoms. The minimum absolute atomic E-state index is 0.0677. The summed E-state index contributed by atoms with van der Waals surface area (Å²) in [5.74, 6) is 0.702. The highest BCUT2D eigenvalue weighted by molar-refractivity contribution is 5.81. The van der Waals surface area contributed by atoms with Gasteiger partial charge in [0.1, 0.15) is 5.75 Å². The minimum Gasteiger partial charge on any atom is -0.480 e. The highest BCUT2D eigenvalue weighted by atomic mass is 16.5. The van der Waals surface area contributed by atoms with E-state index in [2.05, 4.69) is 34.5 Å². The Kier molecular flexibility index (Phi) is 6.88. The van der Waals surface area contributed by atoms with Gasteiger partial charge in [0.2, 0.25) is 0 Å². The third-order valence-electron chi connectivity index (χ3n) is 5.12. The Hall–Kier alpha value is -2.33. The quantitative estimate of drug-likeness (QED) is 0.766. The molecule has 1 atom stereocenters. The average molecular weight is 367 g/mol. The first-order valence-electron chi connectivity index (χ1n) is 9.96. The summed E-state index contributed by atoms with van der Waals surface area (Å²) in [5, 5.41) is 3.01. The molecule has 1 N–H and O–H groups in total. The van der Waals surface area contributed by atoms with Crippen LogP contribution in [0.4, 0.5) is 0 Å². The van der Waals surface area contributed by atoms with Gasteiger partial charge in [-0.25, -0.2) is 0 Å². The van der Waals surface area contributed by atoms with E-state index in [4.69, 9.17) is 4.74 Å². The Morgan fingerprint density at radius 3 is 2.41 bits per heavy atom. The summed E-state index contributed by atoms with van der Waals surface area (Å²) in [6.07, 6.45) is 2.79. The Balaban J connectivity index is 1.50. The summed E-state index contributed by atoms with van der Waals surface area (Å²) in [7, 11) is 0. The van der Waals surface area contributed by atoms with Gasteiger partial charge in [0.25, 0.3) is 5.91 Å². The molecule has 0 bridgehead atoms. The summed E-state index contributed by atoms with van der Waals surface area (Å²) in [4.78, 5) is 15.0. The lowest BCUT2D eigenvalue weighted by atomic mass is 10.1. The fraction of sp³-hybridized carbons (Fsp3) is 0.435. The summed E-state index contributed by atoms with van der Waals surface area (Å²) in [5.41, 5.74) is 3.48. The van der Waals surface area contributed by atoms with Crippen molar-refractivity contribution in [2.45, 2.75) is 52.3 Å².